The summed E-state index contributed by atoms with van der Waals surface area (Å²) >= 11 is 0. The SMILES string of the molecule is C[C@]1(c2ccccc2)OC(=O)[C@H]2CC=CC[C@H]21. The van der Waals surface area contributed by atoms with Gasteiger partial charge in [-0.3, -0.25) is 4.79 Å². The Morgan fingerprint density at radius 1 is 1.18 bits per heavy atom. The number of allylic oxidation sites excluding steroid dienone is 2. The van der Waals surface area contributed by atoms with Gasteiger partial charge in [0.15, 0.2) is 0 Å². The summed E-state index contributed by atoms with van der Waals surface area (Å²) in [5.74, 6) is 0.290. The summed E-state index contributed by atoms with van der Waals surface area (Å²) in [6.07, 6.45) is 6.03. The molecule has 0 saturated carbocycles. The van der Waals surface area contributed by atoms with Crippen molar-refractivity contribution in [3.8, 4) is 0 Å². The Morgan fingerprint density at radius 2 is 1.88 bits per heavy atom. The number of ether oxygens (including phenoxy) is 1. The van der Waals surface area contributed by atoms with Gasteiger partial charge in [0.2, 0.25) is 0 Å². The van der Waals surface area contributed by atoms with Crippen LogP contribution in [0.2, 0.25) is 0 Å². The molecule has 1 aliphatic carbocycles. The summed E-state index contributed by atoms with van der Waals surface area (Å²) in [6.45, 7) is 2.05. The van der Waals surface area contributed by atoms with Crippen LogP contribution in [0.1, 0.15) is 25.3 Å². The zero-order valence-corrected chi connectivity index (χ0v) is 9.93. The Bertz CT molecular complexity index is 463. The standard InChI is InChI=1S/C15H16O2/c1-15(11-7-3-2-4-8-11)13-10-6-5-9-12(13)14(16)17-15/h2-8,12-13H,9-10H2,1H3/t12-,13+,15+/m0/s1. The van der Waals surface area contributed by atoms with E-state index in [1.807, 2.05) is 37.3 Å². The molecular weight excluding hydrogens is 212 g/mol. The lowest BCUT2D eigenvalue weighted by atomic mass is 9.73. The third-order valence-corrected chi connectivity index (χ3v) is 4.10. The Hall–Kier alpha value is -1.57. The van der Waals surface area contributed by atoms with E-state index >= 15 is 0 Å². The first-order valence-electron chi connectivity index (χ1n) is 6.15. The van der Waals surface area contributed by atoms with Crippen molar-refractivity contribution >= 4 is 5.97 Å². The van der Waals surface area contributed by atoms with Crippen molar-refractivity contribution in [1.29, 1.82) is 0 Å². The van der Waals surface area contributed by atoms with E-state index < -0.39 is 5.60 Å². The molecule has 1 aromatic carbocycles. The summed E-state index contributed by atoms with van der Waals surface area (Å²) < 4.78 is 5.70. The average molecular weight is 228 g/mol. The molecule has 1 aromatic rings. The number of cyclic esters (lactones) is 1. The largest absolute Gasteiger partial charge is 0.454 e. The summed E-state index contributed by atoms with van der Waals surface area (Å²) in [7, 11) is 0. The van der Waals surface area contributed by atoms with Gasteiger partial charge in [-0.15, -0.1) is 0 Å². The highest BCUT2D eigenvalue weighted by molar-refractivity contribution is 5.77. The van der Waals surface area contributed by atoms with Crippen LogP contribution in [-0.4, -0.2) is 5.97 Å². The molecule has 2 heteroatoms. The van der Waals surface area contributed by atoms with Crippen molar-refractivity contribution in [1.82, 2.24) is 0 Å². The molecule has 0 unspecified atom stereocenters. The molecule has 17 heavy (non-hydrogen) atoms. The zero-order valence-electron chi connectivity index (χ0n) is 9.93. The Kier molecular flexibility index (Phi) is 2.32. The van der Waals surface area contributed by atoms with Crippen molar-refractivity contribution in [2.45, 2.75) is 25.4 Å². The summed E-state index contributed by atoms with van der Waals surface area (Å²) in [6, 6.07) is 10.1. The van der Waals surface area contributed by atoms with Gasteiger partial charge in [-0.1, -0.05) is 42.5 Å². The molecule has 0 radical (unpaired) electrons. The molecule has 88 valence electrons. The number of hydrogen-bond acceptors (Lipinski definition) is 2. The van der Waals surface area contributed by atoms with Crippen LogP contribution in [0.4, 0.5) is 0 Å². The molecule has 0 aromatic heterocycles. The van der Waals surface area contributed by atoms with E-state index in [0.717, 1.165) is 18.4 Å². The molecule has 0 amide bonds. The molecule has 3 rings (SSSR count). The molecule has 0 bridgehead atoms. The summed E-state index contributed by atoms with van der Waals surface area (Å²) in [4.78, 5) is 11.9. The second-order valence-corrected chi connectivity index (χ2v) is 5.05. The lowest BCUT2D eigenvalue weighted by Crippen LogP contribution is -2.31. The van der Waals surface area contributed by atoms with Crippen LogP contribution in [0.3, 0.4) is 0 Å². The van der Waals surface area contributed by atoms with Gasteiger partial charge in [-0.25, -0.2) is 0 Å². The van der Waals surface area contributed by atoms with E-state index in [1.54, 1.807) is 0 Å². The van der Waals surface area contributed by atoms with Gasteiger partial charge >= 0.3 is 5.97 Å². The number of hydrogen-bond donors (Lipinski definition) is 0. The highest BCUT2D eigenvalue weighted by atomic mass is 16.6. The molecule has 2 aliphatic rings. The predicted molar refractivity (Wildman–Crippen MR) is 65.2 cm³/mol. The molecule has 1 saturated heterocycles. The smallest absolute Gasteiger partial charge is 0.310 e. The minimum absolute atomic E-state index is 0.0364. The normalized spacial score (nSPS) is 35.5. The van der Waals surface area contributed by atoms with Crippen molar-refractivity contribution in [2.75, 3.05) is 0 Å². The first-order valence-corrected chi connectivity index (χ1v) is 6.15. The maximum absolute atomic E-state index is 11.9. The highest BCUT2D eigenvalue weighted by Gasteiger charge is 2.53. The van der Waals surface area contributed by atoms with Gasteiger partial charge in [0.05, 0.1) is 5.92 Å². The molecule has 2 nitrogen and oxygen atoms in total. The van der Waals surface area contributed by atoms with Gasteiger partial charge in [-0.2, -0.15) is 0 Å². The van der Waals surface area contributed by atoms with E-state index in [9.17, 15) is 4.79 Å². The van der Waals surface area contributed by atoms with Gasteiger partial charge in [0, 0.05) is 5.92 Å². The third kappa shape index (κ3) is 1.51. The van der Waals surface area contributed by atoms with E-state index in [0.29, 0.717) is 0 Å². The molecule has 3 atom stereocenters. The topological polar surface area (TPSA) is 26.3 Å². The van der Waals surface area contributed by atoms with Gasteiger partial charge in [0.1, 0.15) is 5.60 Å². The quantitative estimate of drug-likeness (QED) is 0.545. The van der Waals surface area contributed by atoms with Crippen LogP contribution in [0.15, 0.2) is 42.5 Å². The molecule has 1 fully saturated rings. The maximum Gasteiger partial charge on any atom is 0.310 e. The lowest BCUT2D eigenvalue weighted by molar-refractivity contribution is -0.150. The van der Waals surface area contributed by atoms with Crippen molar-refractivity contribution < 1.29 is 9.53 Å². The number of carbonyl (C=O) groups excluding carboxylic acids is 1. The molecular formula is C15H16O2. The van der Waals surface area contributed by atoms with Crippen LogP contribution in [-0.2, 0) is 15.1 Å². The first-order chi connectivity index (χ1) is 8.22. The molecule has 1 heterocycles. The van der Waals surface area contributed by atoms with Crippen LogP contribution in [0.25, 0.3) is 0 Å². The third-order valence-electron chi connectivity index (χ3n) is 4.10. The fraction of sp³-hybridized carbons (Fsp3) is 0.400. The number of rotatable bonds is 1. The zero-order chi connectivity index (χ0) is 11.9. The number of fused-ring (bicyclic) bond motifs is 1. The number of benzene rings is 1. The van der Waals surface area contributed by atoms with Crippen LogP contribution in [0, 0.1) is 11.8 Å². The van der Waals surface area contributed by atoms with Crippen molar-refractivity contribution in [3.63, 3.8) is 0 Å². The van der Waals surface area contributed by atoms with Crippen molar-refractivity contribution in [2.24, 2.45) is 11.8 Å². The molecule has 1 aliphatic heterocycles. The highest BCUT2D eigenvalue weighted by Crippen LogP contribution is 2.49. The van der Waals surface area contributed by atoms with E-state index in [-0.39, 0.29) is 17.8 Å². The monoisotopic (exact) mass is 228 g/mol. The predicted octanol–water partition coefficient (Wildman–Crippen LogP) is 3.04. The summed E-state index contributed by atoms with van der Waals surface area (Å²) in [5.41, 5.74) is 0.657. The van der Waals surface area contributed by atoms with E-state index in [2.05, 4.69) is 12.2 Å². The van der Waals surface area contributed by atoms with Crippen LogP contribution >= 0.6 is 0 Å². The minimum atomic E-state index is -0.451. The Labute approximate surface area is 101 Å². The van der Waals surface area contributed by atoms with Gasteiger partial charge in [0.25, 0.3) is 0 Å². The fourth-order valence-corrected chi connectivity index (χ4v) is 3.09. The number of esters is 1. The Morgan fingerprint density at radius 3 is 2.65 bits per heavy atom. The Balaban J connectivity index is 2.03. The summed E-state index contributed by atoms with van der Waals surface area (Å²) in [5, 5.41) is 0. The second-order valence-electron chi connectivity index (χ2n) is 5.05. The van der Waals surface area contributed by atoms with Crippen molar-refractivity contribution in [3.05, 3.63) is 48.0 Å². The lowest BCUT2D eigenvalue weighted by Gasteiger charge is -2.32. The fourth-order valence-electron chi connectivity index (χ4n) is 3.09. The van der Waals surface area contributed by atoms with E-state index in [1.165, 1.54) is 0 Å². The molecule has 0 N–H and O–H groups in total. The van der Waals surface area contributed by atoms with Gasteiger partial charge < -0.3 is 4.74 Å². The van der Waals surface area contributed by atoms with E-state index in [4.69, 9.17) is 4.74 Å². The molecule has 0 spiro atoms. The maximum atomic E-state index is 11.9. The average Bonchev–Trinajstić information content (AvgIpc) is 2.65. The number of carbonyl (C=O) groups is 1. The minimum Gasteiger partial charge on any atom is -0.454 e. The van der Waals surface area contributed by atoms with Crippen LogP contribution < -0.4 is 0 Å². The van der Waals surface area contributed by atoms with Crippen LogP contribution in [0.5, 0.6) is 0 Å². The van der Waals surface area contributed by atoms with Gasteiger partial charge in [-0.05, 0) is 25.3 Å². The first kappa shape index (κ1) is 10.6. The second kappa shape index (κ2) is 3.73.